The number of nitrogens with zero attached hydrogens (tertiary/aromatic N) is 2. The number of allylic oxidation sites excluding steroid dienone is 1. The number of esters is 2. The van der Waals surface area contributed by atoms with Crippen LogP contribution in [0.15, 0.2) is 33.8 Å². The first-order chi connectivity index (χ1) is 13.4. The third-order valence-corrected chi connectivity index (χ3v) is 3.15. The predicted octanol–water partition coefficient (Wildman–Crippen LogP) is 3.22. The fourth-order valence-electron chi connectivity index (χ4n) is 1.71. The molecule has 0 unspecified atom stereocenters. The van der Waals surface area contributed by atoms with Crippen molar-refractivity contribution in [2.75, 3.05) is 26.3 Å². The number of hydrogen-bond acceptors (Lipinski definition) is 8. The molecule has 0 aromatic heterocycles. The Hall–Kier alpha value is -2.82. The van der Waals surface area contributed by atoms with Crippen LogP contribution in [0.2, 0.25) is 0 Å². The van der Waals surface area contributed by atoms with Gasteiger partial charge in [-0.25, -0.2) is 29.2 Å². The predicted molar refractivity (Wildman–Crippen MR) is 105 cm³/mol. The van der Waals surface area contributed by atoms with Crippen molar-refractivity contribution >= 4 is 24.1 Å². The molecule has 28 heavy (non-hydrogen) atoms. The molecule has 156 valence electrons. The van der Waals surface area contributed by atoms with Crippen molar-refractivity contribution in [3.8, 4) is 0 Å². The molecule has 0 aliphatic heterocycles. The Morgan fingerprint density at radius 3 is 2.00 bits per heavy atom. The van der Waals surface area contributed by atoms with E-state index in [1.165, 1.54) is 12.2 Å². The average molecular weight is 394 g/mol. The quantitative estimate of drug-likeness (QED) is 0.156. The van der Waals surface area contributed by atoms with Gasteiger partial charge >= 0.3 is 11.9 Å². The van der Waals surface area contributed by atoms with Crippen LogP contribution in [-0.2, 0) is 28.7 Å². The highest BCUT2D eigenvalue weighted by Crippen LogP contribution is 2.06. The minimum atomic E-state index is -0.376. The molecular weight excluding hydrogens is 364 g/mol. The second-order valence-electron chi connectivity index (χ2n) is 5.62. The topological polar surface area (TPSA) is 111 Å². The summed E-state index contributed by atoms with van der Waals surface area (Å²) in [6.45, 7) is 10.3. The summed E-state index contributed by atoms with van der Waals surface area (Å²) >= 11 is 0. The van der Waals surface area contributed by atoms with Gasteiger partial charge in [0.1, 0.15) is 0 Å². The highest BCUT2D eigenvalue weighted by Gasteiger charge is 2.08. The molecule has 0 aromatic rings. The largest absolute Gasteiger partial charge is 0.462 e. The zero-order valence-electron chi connectivity index (χ0n) is 17.0. The van der Waals surface area contributed by atoms with Crippen molar-refractivity contribution in [2.45, 2.75) is 52.9 Å². The van der Waals surface area contributed by atoms with Gasteiger partial charge in [-0.05, 0) is 33.1 Å². The average Bonchev–Trinajstić information content (AvgIpc) is 2.68. The maximum absolute atomic E-state index is 11.4. The summed E-state index contributed by atoms with van der Waals surface area (Å²) < 4.78 is 9.80. The molecule has 0 atom stereocenters. The molecule has 0 rings (SSSR count). The minimum Gasteiger partial charge on any atom is -0.462 e. The standard InChI is InChI=1S/C11H17NO3.C9H13NO3/c1-3-6-10(4-2)11(14)15-8-5-7-12-9-13;1-8(2)9(12)13-6-4-3-5-10-7-11/h4H,3,5-8H2,1-2H3;1,3-6H2,2H3. The van der Waals surface area contributed by atoms with Crippen molar-refractivity contribution in [3.63, 3.8) is 0 Å². The molecule has 0 fully saturated rings. The summed E-state index contributed by atoms with van der Waals surface area (Å²) in [4.78, 5) is 48.3. The first kappa shape index (κ1) is 27.4. The first-order valence-corrected chi connectivity index (χ1v) is 9.16. The van der Waals surface area contributed by atoms with Gasteiger partial charge in [0.15, 0.2) is 0 Å². The first-order valence-electron chi connectivity index (χ1n) is 9.16. The van der Waals surface area contributed by atoms with Crippen molar-refractivity contribution in [3.05, 3.63) is 23.8 Å². The van der Waals surface area contributed by atoms with Gasteiger partial charge in [-0.3, -0.25) is 0 Å². The van der Waals surface area contributed by atoms with Crippen LogP contribution in [0.1, 0.15) is 52.9 Å². The van der Waals surface area contributed by atoms with E-state index in [1.807, 2.05) is 13.8 Å². The van der Waals surface area contributed by atoms with E-state index in [0.717, 1.165) is 19.3 Å². The van der Waals surface area contributed by atoms with Crippen LogP contribution in [0.3, 0.4) is 0 Å². The molecule has 0 bridgehead atoms. The number of rotatable bonds is 13. The molecular formula is C20H30N2O6. The molecule has 0 aromatic carbocycles. The molecule has 0 saturated heterocycles. The fourth-order valence-corrected chi connectivity index (χ4v) is 1.71. The molecule has 0 heterocycles. The Labute approximate surface area is 166 Å². The van der Waals surface area contributed by atoms with E-state index in [2.05, 4.69) is 16.6 Å². The second-order valence-corrected chi connectivity index (χ2v) is 5.62. The van der Waals surface area contributed by atoms with E-state index in [1.54, 1.807) is 13.0 Å². The number of aliphatic imine (C=N–C) groups is 2. The number of carbonyl (C=O) groups is 2. The molecule has 0 aliphatic rings. The molecule has 0 N–H and O–H groups in total. The van der Waals surface area contributed by atoms with Crippen LogP contribution < -0.4 is 0 Å². The lowest BCUT2D eigenvalue weighted by molar-refractivity contribution is -0.140. The Bertz CT molecular complexity index is 600. The van der Waals surface area contributed by atoms with Gasteiger partial charge in [0, 0.05) is 17.6 Å². The third-order valence-electron chi connectivity index (χ3n) is 3.15. The van der Waals surface area contributed by atoms with Crippen LogP contribution in [0.5, 0.6) is 0 Å². The van der Waals surface area contributed by atoms with Crippen LogP contribution >= 0.6 is 0 Å². The number of ether oxygens (including phenoxy) is 2. The van der Waals surface area contributed by atoms with Crippen molar-refractivity contribution in [2.24, 2.45) is 9.98 Å². The van der Waals surface area contributed by atoms with Crippen molar-refractivity contribution < 1.29 is 28.7 Å². The minimum absolute atomic E-state index is 0.269. The van der Waals surface area contributed by atoms with Gasteiger partial charge in [-0.2, -0.15) is 0 Å². The molecule has 0 spiro atoms. The lowest BCUT2D eigenvalue weighted by atomic mass is 10.1. The Morgan fingerprint density at radius 2 is 1.50 bits per heavy atom. The van der Waals surface area contributed by atoms with Gasteiger partial charge in [0.25, 0.3) is 0 Å². The van der Waals surface area contributed by atoms with Crippen LogP contribution in [0.4, 0.5) is 0 Å². The van der Waals surface area contributed by atoms with Gasteiger partial charge in [0.05, 0.1) is 26.3 Å². The summed E-state index contributed by atoms with van der Waals surface area (Å²) in [6, 6.07) is 0. The van der Waals surface area contributed by atoms with Crippen LogP contribution in [0.25, 0.3) is 0 Å². The van der Waals surface area contributed by atoms with E-state index >= 15 is 0 Å². The Balaban J connectivity index is 0. The lowest BCUT2D eigenvalue weighted by Crippen LogP contribution is -2.09. The molecule has 0 saturated carbocycles. The number of isocyanates is 2. The zero-order valence-corrected chi connectivity index (χ0v) is 17.0. The van der Waals surface area contributed by atoms with E-state index in [4.69, 9.17) is 9.47 Å². The number of carbonyl (C=O) groups excluding carboxylic acids is 4. The van der Waals surface area contributed by atoms with E-state index in [9.17, 15) is 19.2 Å². The summed E-state index contributed by atoms with van der Waals surface area (Å²) in [5.41, 5.74) is 1.10. The maximum Gasteiger partial charge on any atom is 0.333 e. The fraction of sp³-hybridized carbons (Fsp3) is 0.600. The highest BCUT2D eigenvalue weighted by atomic mass is 16.5. The molecule has 8 heteroatoms. The SMILES string of the molecule is C=C(C)C(=O)OCCCCN=C=O.CC=C(CCC)C(=O)OCCCN=C=O. The smallest absolute Gasteiger partial charge is 0.333 e. The van der Waals surface area contributed by atoms with E-state index in [0.29, 0.717) is 50.3 Å². The third kappa shape index (κ3) is 18.0. The van der Waals surface area contributed by atoms with E-state index < -0.39 is 0 Å². The van der Waals surface area contributed by atoms with Gasteiger partial charge in [-0.15, -0.1) is 0 Å². The van der Waals surface area contributed by atoms with Crippen LogP contribution in [-0.4, -0.2) is 50.4 Å². The number of unbranched alkanes of at least 4 members (excludes halogenated alkanes) is 1. The van der Waals surface area contributed by atoms with Crippen LogP contribution in [0, 0.1) is 0 Å². The highest BCUT2D eigenvalue weighted by molar-refractivity contribution is 5.88. The summed E-state index contributed by atoms with van der Waals surface area (Å²) in [5.74, 6) is -0.645. The Morgan fingerprint density at radius 1 is 0.964 bits per heavy atom. The monoisotopic (exact) mass is 394 g/mol. The molecule has 0 aliphatic carbocycles. The second kappa shape index (κ2) is 20.5. The summed E-state index contributed by atoms with van der Waals surface area (Å²) in [5, 5.41) is 0. The zero-order chi connectivity index (χ0) is 21.6. The molecule has 8 nitrogen and oxygen atoms in total. The maximum atomic E-state index is 11.4. The van der Waals surface area contributed by atoms with Gasteiger partial charge in [0.2, 0.25) is 12.2 Å². The van der Waals surface area contributed by atoms with E-state index in [-0.39, 0.29) is 11.9 Å². The molecule has 0 amide bonds. The molecule has 0 radical (unpaired) electrons. The summed E-state index contributed by atoms with van der Waals surface area (Å²) in [6.07, 6.45) is 8.28. The number of hydrogen-bond donors (Lipinski definition) is 0. The summed E-state index contributed by atoms with van der Waals surface area (Å²) in [7, 11) is 0. The van der Waals surface area contributed by atoms with Crippen molar-refractivity contribution in [1.29, 1.82) is 0 Å². The van der Waals surface area contributed by atoms with Gasteiger partial charge in [-0.1, -0.05) is 26.0 Å². The Kier molecular flexibility index (Phi) is 20.1. The normalized spacial score (nSPS) is 9.75. The lowest BCUT2D eigenvalue weighted by Gasteiger charge is -2.05. The van der Waals surface area contributed by atoms with Crippen molar-refractivity contribution in [1.82, 2.24) is 0 Å². The van der Waals surface area contributed by atoms with Gasteiger partial charge < -0.3 is 9.47 Å².